The van der Waals surface area contributed by atoms with Crippen LogP contribution in [-0.4, -0.2) is 14.9 Å². The number of benzene rings is 1. The monoisotopic (exact) mass is 240 g/mol. The number of aromatic amines is 1. The second kappa shape index (κ2) is 4.04. The van der Waals surface area contributed by atoms with Gasteiger partial charge in [-0.1, -0.05) is 29.8 Å². The largest absolute Gasteiger partial charge is 0.335 e. The Morgan fingerprint density at radius 3 is 2.80 bits per heavy atom. The highest BCUT2D eigenvalue weighted by atomic mass is 35.5. The maximum Gasteiger partial charge on any atom is 0.214 e. The van der Waals surface area contributed by atoms with Gasteiger partial charge in [-0.2, -0.15) is 5.10 Å². The van der Waals surface area contributed by atoms with E-state index in [2.05, 4.69) is 10.2 Å². The molecule has 1 aromatic heterocycles. The van der Waals surface area contributed by atoms with Gasteiger partial charge in [0.15, 0.2) is 5.82 Å². The van der Waals surface area contributed by atoms with E-state index in [1.54, 1.807) is 0 Å². The number of rotatable bonds is 2. The van der Waals surface area contributed by atoms with E-state index in [0.29, 0.717) is 22.0 Å². The fraction of sp³-hybridized carbons (Fsp3) is 0.111. The molecule has 3 N–H and O–H groups in total. The van der Waals surface area contributed by atoms with Gasteiger partial charge in [-0.15, -0.1) is 0 Å². The first-order valence-electron chi connectivity index (χ1n) is 4.33. The SMILES string of the molecule is Nn1c(Cc2ccccc2Cl)n[nH]c1=S. The molecule has 0 amide bonds. The van der Waals surface area contributed by atoms with Crippen molar-refractivity contribution < 1.29 is 0 Å². The molecule has 0 aliphatic heterocycles. The lowest BCUT2D eigenvalue weighted by Crippen LogP contribution is -2.13. The summed E-state index contributed by atoms with van der Waals surface area (Å²) in [5.41, 5.74) is 0.972. The maximum absolute atomic E-state index is 6.02. The van der Waals surface area contributed by atoms with Gasteiger partial charge in [-0.25, -0.2) is 4.68 Å². The first-order chi connectivity index (χ1) is 7.18. The summed E-state index contributed by atoms with van der Waals surface area (Å²) in [7, 11) is 0. The number of aromatic nitrogens is 3. The maximum atomic E-state index is 6.02. The molecule has 6 heteroatoms. The highest BCUT2D eigenvalue weighted by molar-refractivity contribution is 7.71. The van der Waals surface area contributed by atoms with Crippen molar-refractivity contribution in [1.29, 1.82) is 0 Å². The average Bonchev–Trinajstić information content (AvgIpc) is 2.53. The van der Waals surface area contributed by atoms with E-state index in [4.69, 9.17) is 29.7 Å². The summed E-state index contributed by atoms with van der Waals surface area (Å²) in [6, 6.07) is 7.56. The zero-order chi connectivity index (χ0) is 10.8. The molecule has 1 heterocycles. The van der Waals surface area contributed by atoms with Crippen LogP contribution in [0.15, 0.2) is 24.3 Å². The zero-order valence-corrected chi connectivity index (χ0v) is 9.35. The van der Waals surface area contributed by atoms with Crippen LogP contribution < -0.4 is 5.84 Å². The van der Waals surface area contributed by atoms with E-state index in [0.717, 1.165) is 5.56 Å². The quantitative estimate of drug-likeness (QED) is 0.623. The molecular formula is C9H9ClN4S. The molecule has 0 aliphatic carbocycles. The molecule has 2 aromatic rings. The molecule has 0 saturated heterocycles. The highest BCUT2D eigenvalue weighted by Crippen LogP contribution is 2.17. The second-order valence-corrected chi connectivity index (χ2v) is 3.88. The number of nitrogen functional groups attached to an aromatic ring is 1. The Labute approximate surface area is 96.7 Å². The number of H-pyrrole nitrogens is 1. The van der Waals surface area contributed by atoms with Crippen LogP contribution in [0.25, 0.3) is 0 Å². The summed E-state index contributed by atoms with van der Waals surface area (Å²) in [4.78, 5) is 0. The van der Waals surface area contributed by atoms with Gasteiger partial charge in [0.1, 0.15) is 0 Å². The van der Waals surface area contributed by atoms with E-state index in [1.165, 1.54) is 4.68 Å². The first-order valence-corrected chi connectivity index (χ1v) is 5.12. The fourth-order valence-corrected chi connectivity index (χ4v) is 1.63. The Morgan fingerprint density at radius 2 is 2.20 bits per heavy atom. The Kier molecular flexibility index (Phi) is 2.75. The molecule has 4 nitrogen and oxygen atoms in total. The zero-order valence-electron chi connectivity index (χ0n) is 7.77. The van der Waals surface area contributed by atoms with E-state index in [-0.39, 0.29) is 0 Å². The minimum absolute atomic E-state index is 0.400. The van der Waals surface area contributed by atoms with Gasteiger partial charge in [0.2, 0.25) is 4.77 Å². The molecule has 0 fully saturated rings. The Bertz CT molecular complexity index is 531. The van der Waals surface area contributed by atoms with Crippen molar-refractivity contribution in [1.82, 2.24) is 14.9 Å². The van der Waals surface area contributed by atoms with Crippen molar-refractivity contribution >= 4 is 23.8 Å². The molecule has 0 saturated carbocycles. The van der Waals surface area contributed by atoms with Gasteiger partial charge >= 0.3 is 0 Å². The summed E-state index contributed by atoms with van der Waals surface area (Å²) in [5, 5.41) is 7.34. The minimum atomic E-state index is 0.400. The predicted octanol–water partition coefficient (Wildman–Crippen LogP) is 1.90. The lowest BCUT2D eigenvalue weighted by molar-refractivity contribution is 0.868. The van der Waals surface area contributed by atoms with E-state index in [1.807, 2.05) is 24.3 Å². The third-order valence-corrected chi connectivity index (χ3v) is 2.74. The van der Waals surface area contributed by atoms with Gasteiger partial charge in [0, 0.05) is 11.4 Å². The van der Waals surface area contributed by atoms with Crippen LogP contribution in [-0.2, 0) is 6.42 Å². The van der Waals surface area contributed by atoms with Gasteiger partial charge in [-0.3, -0.25) is 5.10 Å². The number of hydrogen-bond acceptors (Lipinski definition) is 3. The number of nitrogens with one attached hydrogen (secondary N) is 1. The van der Waals surface area contributed by atoms with Crippen molar-refractivity contribution in [2.45, 2.75) is 6.42 Å². The van der Waals surface area contributed by atoms with Crippen molar-refractivity contribution in [3.63, 3.8) is 0 Å². The molecule has 0 spiro atoms. The summed E-state index contributed by atoms with van der Waals surface area (Å²) >= 11 is 10.9. The summed E-state index contributed by atoms with van der Waals surface area (Å²) < 4.78 is 1.75. The van der Waals surface area contributed by atoms with Crippen LogP contribution in [0.5, 0.6) is 0 Å². The Morgan fingerprint density at radius 1 is 1.47 bits per heavy atom. The lowest BCUT2D eigenvalue weighted by Gasteiger charge is -2.02. The lowest BCUT2D eigenvalue weighted by atomic mass is 10.1. The van der Waals surface area contributed by atoms with Gasteiger partial charge in [0.25, 0.3) is 0 Å². The van der Waals surface area contributed by atoms with E-state index >= 15 is 0 Å². The average molecular weight is 241 g/mol. The fourth-order valence-electron chi connectivity index (χ4n) is 1.27. The molecule has 0 bridgehead atoms. The van der Waals surface area contributed by atoms with E-state index in [9.17, 15) is 0 Å². The van der Waals surface area contributed by atoms with E-state index < -0.39 is 0 Å². The van der Waals surface area contributed by atoms with Crippen LogP contribution >= 0.6 is 23.8 Å². The van der Waals surface area contributed by atoms with Crippen LogP contribution in [0.1, 0.15) is 11.4 Å². The van der Waals surface area contributed by atoms with Crippen molar-refractivity contribution in [3.05, 3.63) is 45.4 Å². The second-order valence-electron chi connectivity index (χ2n) is 3.08. The van der Waals surface area contributed by atoms with Crippen molar-refractivity contribution in [2.75, 3.05) is 5.84 Å². The molecule has 15 heavy (non-hydrogen) atoms. The third-order valence-electron chi connectivity index (χ3n) is 2.08. The molecule has 78 valence electrons. The van der Waals surface area contributed by atoms with Crippen LogP contribution in [0.2, 0.25) is 5.02 Å². The normalized spacial score (nSPS) is 10.5. The van der Waals surface area contributed by atoms with Gasteiger partial charge in [-0.05, 0) is 23.8 Å². The van der Waals surface area contributed by atoms with Crippen molar-refractivity contribution in [3.8, 4) is 0 Å². The third kappa shape index (κ3) is 2.03. The smallest absolute Gasteiger partial charge is 0.214 e. The molecule has 2 rings (SSSR count). The Hall–Kier alpha value is -1.33. The molecule has 0 unspecified atom stereocenters. The molecule has 0 aliphatic rings. The molecule has 0 atom stereocenters. The minimum Gasteiger partial charge on any atom is -0.335 e. The predicted molar refractivity (Wildman–Crippen MR) is 61.8 cm³/mol. The topological polar surface area (TPSA) is 59.6 Å². The molecule has 0 radical (unpaired) electrons. The standard InChI is InChI=1S/C9H9ClN4S/c10-7-4-2-1-3-6(7)5-8-12-13-9(15)14(8)11/h1-4H,5,11H2,(H,13,15). The van der Waals surface area contributed by atoms with Gasteiger partial charge in [0.05, 0.1) is 0 Å². The summed E-state index contributed by atoms with van der Waals surface area (Å²) in [6.07, 6.45) is 0.559. The van der Waals surface area contributed by atoms with Crippen molar-refractivity contribution in [2.24, 2.45) is 0 Å². The number of hydrogen-bond donors (Lipinski definition) is 2. The molecular weight excluding hydrogens is 232 g/mol. The molecule has 1 aromatic carbocycles. The number of nitrogens with zero attached hydrogens (tertiary/aromatic N) is 2. The first kappa shape index (κ1) is 10.2. The van der Waals surface area contributed by atoms with Crippen LogP contribution in [0.3, 0.4) is 0 Å². The number of nitrogens with two attached hydrogens (primary N) is 1. The number of halogens is 1. The van der Waals surface area contributed by atoms with Crippen LogP contribution in [0.4, 0.5) is 0 Å². The highest BCUT2D eigenvalue weighted by Gasteiger charge is 2.06. The Balaban J connectivity index is 2.34. The van der Waals surface area contributed by atoms with Crippen LogP contribution in [0, 0.1) is 4.77 Å². The summed E-state index contributed by atoms with van der Waals surface area (Å²) in [5.74, 6) is 6.34. The summed E-state index contributed by atoms with van der Waals surface area (Å²) in [6.45, 7) is 0. The van der Waals surface area contributed by atoms with Gasteiger partial charge < -0.3 is 5.84 Å².